The molecule has 0 aromatic carbocycles. The Bertz CT molecular complexity index is 1910. The van der Waals surface area contributed by atoms with Crippen molar-refractivity contribution in [2.45, 2.75) is 87.7 Å². The molecule has 0 spiro atoms. The van der Waals surface area contributed by atoms with Gasteiger partial charge < -0.3 is 9.80 Å². The van der Waals surface area contributed by atoms with Crippen LogP contribution < -0.4 is 18.1 Å². The Morgan fingerprint density at radius 3 is 1.19 bits per heavy atom. The van der Waals surface area contributed by atoms with E-state index in [1.807, 2.05) is 24.3 Å². The van der Waals surface area contributed by atoms with Gasteiger partial charge in [-0.15, -0.1) is 22.7 Å². The molecule has 288 valence electrons. The van der Waals surface area contributed by atoms with Crippen LogP contribution in [0, 0.1) is 57.2 Å². The maximum Gasteiger partial charge on any atom is 0.261 e. The molecule has 4 rings (SSSR count). The van der Waals surface area contributed by atoms with Crippen LogP contribution in [0.3, 0.4) is 0 Å². The van der Waals surface area contributed by atoms with Crippen LogP contribution >= 0.6 is 92.3 Å². The Kier molecular flexibility index (Phi) is 21.1. The number of rotatable bonds is 12. The minimum Gasteiger partial charge on any atom is -0.306 e. The number of amides is 2. The fraction of sp³-hybridized carbons (Fsp3) is 0.474. The quantitative estimate of drug-likeness (QED) is 0.196. The molecule has 0 fully saturated rings. The van der Waals surface area contributed by atoms with E-state index in [1.54, 1.807) is 34.1 Å². The van der Waals surface area contributed by atoms with E-state index < -0.39 is 8.59 Å². The number of nitriles is 4. The monoisotopic (exact) mass is 886 g/mol. The molecule has 2 aliphatic heterocycles. The topological polar surface area (TPSA) is 136 Å². The molecule has 2 aliphatic rings. The maximum absolute atomic E-state index is 14.6. The van der Waals surface area contributed by atoms with Gasteiger partial charge in [0.2, 0.25) is 0 Å². The van der Waals surface area contributed by atoms with E-state index >= 15 is 0 Å². The lowest BCUT2D eigenvalue weighted by Crippen LogP contribution is -2.40. The van der Waals surface area contributed by atoms with Crippen LogP contribution in [0.4, 0.5) is 0 Å². The van der Waals surface area contributed by atoms with Crippen molar-refractivity contribution in [3.8, 4) is 24.3 Å². The summed E-state index contributed by atoms with van der Waals surface area (Å²) in [5.74, 6) is -0.0362. The number of halogens is 6. The van der Waals surface area contributed by atoms with Crippen LogP contribution in [0.15, 0.2) is 35.4 Å². The predicted octanol–water partition coefficient (Wildman–Crippen LogP) is 8.51. The van der Waals surface area contributed by atoms with Crippen molar-refractivity contribution in [3.63, 3.8) is 0 Å². The Labute approximate surface area is 355 Å². The maximum atomic E-state index is 14.6. The van der Waals surface area contributed by atoms with Gasteiger partial charge in [0.25, 0.3) is 11.8 Å². The number of alkyl halides is 6. The molecule has 2 aromatic heterocycles. The van der Waals surface area contributed by atoms with Gasteiger partial charge in [0.05, 0.1) is 40.7 Å². The molecule has 8 nitrogen and oxygen atoms in total. The summed E-state index contributed by atoms with van der Waals surface area (Å²) >= 11 is 31.3. The first kappa shape index (κ1) is 47.4. The zero-order valence-electron chi connectivity index (χ0n) is 30.3. The van der Waals surface area contributed by atoms with E-state index in [4.69, 9.17) is 69.6 Å². The lowest BCUT2D eigenvalue weighted by atomic mass is 9.98. The molecule has 54 heavy (non-hydrogen) atoms. The second-order valence-electron chi connectivity index (χ2n) is 12.1. The SMILES string of the molecule is CCCC[C@@H](CC)CN1C(=O)C2=C(C(=O)N(C[C@@H](CC)CCCC)/C2=c2/ccc(=C(C#N)C#N)s2)/C1=c1\ccc(=C(C#N)C#N)s1.ClC(Cl)Cl.ClC(Cl)Cl. The van der Waals surface area contributed by atoms with Crippen LogP contribution in [0.1, 0.15) is 79.1 Å². The van der Waals surface area contributed by atoms with Gasteiger partial charge >= 0.3 is 0 Å². The number of hydrogen-bond acceptors (Lipinski definition) is 8. The summed E-state index contributed by atoms with van der Waals surface area (Å²) in [4.78, 5) is 32.8. The van der Waals surface area contributed by atoms with E-state index in [0.717, 1.165) is 51.4 Å². The summed E-state index contributed by atoms with van der Waals surface area (Å²) in [6.45, 7) is 9.41. The van der Waals surface area contributed by atoms with E-state index in [-0.39, 0.29) is 34.8 Å². The molecule has 2 atom stereocenters. The highest BCUT2D eigenvalue weighted by atomic mass is 35.6. The molecule has 4 heterocycles. The summed E-state index contributed by atoms with van der Waals surface area (Å²) in [5, 5.41) is 38.1. The van der Waals surface area contributed by atoms with Gasteiger partial charge in [-0.2, -0.15) is 21.0 Å². The number of carbonyl (C=O) groups is 2. The fourth-order valence-electron chi connectivity index (χ4n) is 6.08. The smallest absolute Gasteiger partial charge is 0.261 e. The third kappa shape index (κ3) is 12.6. The van der Waals surface area contributed by atoms with Crippen molar-refractivity contribution in [1.29, 1.82) is 21.0 Å². The molecule has 0 saturated heterocycles. The van der Waals surface area contributed by atoms with Crippen molar-refractivity contribution >= 4 is 127 Å². The van der Waals surface area contributed by atoms with Crippen molar-refractivity contribution in [1.82, 2.24) is 9.80 Å². The van der Waals surface area contributed by atoms with Crippen molar-refractivity contribution in [2.24, 2.45) is 11.8 Å². The molecule has 2 amide bonds. The molecule has 0 saturated carbocycles. The molecule has 16 heteroatoms. The average Bonchev–Trinajstić information content (AvgIpc) is 3.92. The first-order chi connectivity index (χ1) is 25.8. The summed E-state index contributed by atoms with van der Waals surface area (Å²) in [6.07, 6.45) is 7.79. The van der Waals surface area contributed by atoms with Crippen molar-refractivity contribution in [2.75, 3.05) is 13.1 Å². The van der Waals surface area contributed by atoms with Gasteiger partial charge in [0.1, 0.15) is 35.4 Å². The Morgan fingerprint density at radius 1 is 0.611 bits per heavy atom. The highest BCUT2D eigenvalue weighted by Crippen LogP contribution is 2.44. The Balaban J connectivity index is 0.00000114. The fourth-order valence-corrected chi connectivity index (χ4v) is 8.10. The average molecular weight is 890 g/mol. The Hall–Kier alpha value is -2.74. The second-order valence-corrected chi connectivity index (χ2v) is 18.3. The lowest BCUT2D eigenvalue weighted by Gasteiger charge is -2.30. The van der Waals surface area contributed by atoms with E-state index in [1.165, 1.54) is 22.7 Å². The van der Waals surface area contributed by atoms with E-state index in [0.29, 0.717) is 53.8 Å². The first-order valence-corrected chi connectivity index (χ1v) is 21.6. The highest BCUT2D eigenvalue weighted by Gasteiger charge is 2.49. The highest BCUT2D eigenvalue weighted by molar-refractivity contribution is 7.08. The summed E-state index contributed by atoms with van der Waals surface area (Å²) in [7, 11) is 0. The van der Waals surface area contributed by atoms with Gasteiger partial charge in [-0.3, -0.25) is 9.59 Å². The minimum atomic E-state index is -0.750. The van der Waals surface area contributed by atoms with Gasteiger partial charge in [0.15, 0.2) is 8.59 Å². The van der Waals surface area contributed by atoms with Gasteiger partial charge in [-0.1, -0.05) is 136 Å². The standard InChI is InChI=1S/C36H38N6O2S2.2CHCl3/c1-5-9-11-23(7-3)21-41-33(29-15-13-27(45-29)25(17-37)18-38)31-32(35(41)43)34(30-16-14-28(46-30)26(19-39)20-40)42(36(31)44)22-24(8-4)12-10-6-2;2*2-1(3)4/h13-16,23-24H,5-12,21-22H2,1-4H3;2*1H/b33-29-,34-30-;;/t23-,24+;;. The number of unbranched alkanes of at least 4 members (excludes halogenated alkanes) is 2. The summed E-state index contributed by atoms with van der Waals surface area (Å²) in [6, 6.07) is 14.8. The third-order valence-electron chi connectivity index (χ3n) is 8.77. The minimum absolute atomic E-state index is 0.0159. The summed E-state index contributed by atoms with van der Waals surface area (Å²) < 4.78 is 0.794. The molecule has 0 N–H and O–H groups in total. The number of nitrogens with zero attached hydrogens (tertiary/aromatic N) is 6. The van der Waals surface area contributed by atoms with Crippen LogP contribution in [0.2, 0.25) is 0 Å². The van der Waals surface area contributed by atoms with Gasteiger partial charge in [0, 0.05) is 13.1 Å². The molecule has 0 unspecified atom stereocenters. The largest absolute Gasteiger partial charge is 0.306 e. The number of carbonyl (C=O) groups excluding carboxylic acids is 2. The van der Waals surface area contributed by atoms with Crippen molar-refractivity contribution < 1.29 is 9.59 Å². The molecular weight excluding hydrogens is 849 g/mol. The molecule has 2 aromatic rings. The van der Waals surface area contributed by atoms with Crippen LogP contribution in [-0.2, 0) is 9.59 Å². The van der Waals surface area contributed by atoms with Gasteiger partial charge in [-0.25, -0.2) is 0 Å². The summed E-state index contributed by atoms with van der Waals surface area (Å²) in [5.41, 5.74) is 1.73. The molecule has 0 aliphatic carbocycles. The Morgan fingerprint density at radius 2 is 0.926 bits per heavy atom. The number of hydrogen-bond donors (Lipinski definition) is 0. The van der Waals surface area contributed by atoms with Gasteiger partial charge in [-0.05, 0) is 48.9 Å². The normalized spacial score (nSPS) is 16.4. The zero-order chi connectivity index (χ0) is 40.5. The van der Waals surface area contributed by atoms with E-state index in [2.05, 4.69) is 27.7 Å². The van der Waals surface area contributed by atoms with E-state index in [9.17, 15) is 30.6 Å². The zero-order valence-corrected chi connectivity index (χ0v) is 36.4. The predicted molar refractivity (Wildman–Crippen MR) is 223 cm³/mol. The second kappa shape index (κ2) is 24.0. The van der Waals surface area contributed by atoms with Crippen LogP contribution in [0.5, 0.6) is 0 Å². The van der Waals surface area contributed by atoms with Crippen LogP contribution in [0.25, 0.3) is 22.5 Å². The number of thiophene rings is 2. The lowest BCUT2D eigenvalue weighted by molar-refractivity contribution is -0.124. The third-order valence-corrected chi connectivity index (χ3v) is 11.0. The van der Waals surface area contributed by atoms with Crippen molar-refractivity contribution in [3.05, 3.63) is 53.5 Å². The van der Waals surface area contributed by atoms with Crippen LogP contribution in [-0.4, -0.2) is 43.3 Å². The first-order valence-electron chi connectivity index (χ1n) is 17.3. The molecule has 0 bridgehead atoms. The molecule has 0 radical (unpaired) electrons. The molecular formula is C38H40Cl6N6O2S2.